The van der Waals surface area contributed by atoms with Crippen LogP contribution in [0.5, 0.6) is 0 Å². The maximum Gasteiger partial charge on any atom is 0.219 e. The molecule has 4 fully saturated rings. The summed E-state index contributed by atoms with van der Waals surface area (Å²) in [6.45, 7) is 0.955. The van der Waals surface area contributed by atoms with Crippen LogP contribution >= 0.6 is 0 Å². The van der Waals surface area contributed by atoms with Crippen molar-refractivity contribution in [1.29, 1.82) is 0 Å². The topological polar surface area (TPSA) is 375 Å². The Kier molecular flexibility index (Phi) is 17.0. The minimum atomic E-state index is -1.90. The van der Waals surface area contributed by atoms with Gasteiger partial charge in [-0.15, -0.1) is 0 Å². The number of amides is 4. The first kappa shape index (κ1) is 47.9. The molecule has 0 radical (unpaired) electrons. The van der Waals surface area contributed by atoms with Crippen molar-refractivity contribution in [2.24, 2.45) is 0 Å². The van der Waals surface area contributed by atoms with Gasteiger partial charge in [0.25, 0.3) is 0 Å². The predicted molar refractivity (Wildman–Crippen MR) is 185 cm³/mol. The third kappa shape index (κ3) is 10.6. The Hall–Kier alpha value is -2.80. The molecule has 20 atom stereocenters. The van der Waals surface area contributed by atoms with Gasteiger partial charge in [-0.25, -0.2) is 0 Å². The number of nitrogens with one attached hydrogen (secondary N) is 3. The van der Waals surface area contributed by atoms with Crippen LogP contribution in [0.25, 0.3) is 0 Å². The van der Waals surface area contributed by atoms with Crippen LogP contribution in [0.15, 0.2) is 0 Å². The fourth-order valence-corrected chi connectivity index (χ4v) is 7.39. The molecule has 4 heterocycles. The number of aliphatic hydroxyl groups excluding tert-OH is 10. The van der Waals surface area contributed by atoms with Gasteiger partial charge in [0.15, 0.2) is 25.2 Å². The number of carbonyl (C=O) groups excluding carboxylic acids is 4. The van der Waals surface area contributed by atoms with Gasteiger partial charge in [-0.1, -0.05) is 0 Å². The summed E-state index contributed by atoms with van der Waals surface area (Å²) in [4.78, 5) is 49.9. The summed E-state index contributed by atoms with van der Waals surface area (Å²) in [5.41, 5.74) is 0. The number of hydrogen-bond acceptors (Lipinski definition) is 21. The fraction of sp³-hybridized carbons (Fsp3) is 0.879. The SMILES string of the molecule is CC(=O)N[C@H]1[C@H](O[C@H]2C(O)[C@@H](NC(C)=O)[C@H](O)O[C@@H]2CO)O[C@H](CO)[C@@H](O[C@@H]2O[C@H](CO)[C@@H](O[C@@H]3O[C@H](CO)[C@@H](O)[C@H](O)[C@H]3N(C)C(C)=O)C(O)[C@H]2NC(C)=O)[C@@H]1O. The van der Waals surface area contributed by atoms with Crippen LogP contribution in [-0.4, -0.2) is 236 Å². The van der Waals surface area contributed by atoms with E-state index in [4.69, 9.17) is 33.2 Å². The van der Waals surface area contributed by atoms with E-state index in [0.717, 1.165) is 32.6 Å². The average molecular weight is 845 g/mol. The summed E-state index contributed by atoms with van der Waals surface area (Å²) < 4.78 is 40.8. The summed E-state index contributed by atoms with van der Waals surface area (Å²) in [7, 11) is 1.27. The highest BCUT2D eigenvalue weighted by Crippen LogP contribution is 2.35. The van der Waals surface area contributed by atoms with Gasteiger partial charge in [0.2, 0.25) is 23.6 Å². The van der Waals surface area contributed by atoms with Crippen molar-refractivity contribution in [2.45, 2.75) is 150 Å². The number of nitrogens with zero attached hydrogens (tertiary/aromatic N) is 1. The molecule has 0 aliphatic carbocycles. The molecule has 4 amide bonds. The molecule has 0 spiro atoms. The summed E-state index contributed by atoms with van der Waals surface area (Å²) in [6, 6.07) is -6.10. The molecule has 13 N–H and O–H groups in total. The number of likely N-dealkylation sites (N-methyl/N-ethyl adjacent to an activating group) is 1. The number of carbonyl (C=O) groups is 4. The largest absolute Gasteiger partial charge is 0.394 e. The number of ether oxygens (including phenoxy) is 7. The monoisotopic (exact) mass is 844 g/mol. The summed E-state index contributed by atoms with van der Waals surface area (Å²) >= 11 is 0. The van der Waals surface area contributed by atoms with Gasteiger partial charge in [-0.05, 0) is 0 Å². The molecular formula is C33H56N4O21. The molecule has 0 aromatic rings. The van der Waals surface area contributed by atoms with Crippen LogP contribution in [-0.2, 0) is 52.3 Å². The predicted octanol–water partition coefficient (Wildman–Crippen LogP) is -8.83. The minimum absolute atomic E-state index is 0.596. The maximum atomic E-state index is 12.4. The first-order valence-electron chi connectivity index (χ1n) is 18.4. The Morgan fingerprint density at radius 1 is 0.500 bits per heavy atom. The molecule has 25 nitrogen and oxygen atoms in total. The number of aliphatic hydroxyl groups is 10. The zero-order valence-electron chi connectivity index (χ0n) is 32.3. The summed E-state index contributed by atoms with van der Waals surface area (Å²) in [5, 5.41) is 114. The van der Waals surface area contributed by atoms with E-state index in [9.17, 15) is 70.2 Å². The van der Waals surface area contributed by atoms with E-state index in [1.807, 2.05) is 0 Å². The second-order valence-electron chi connectivity index (χ2n) is 14.5. The van der Waals surface area contributed by atoms with Crippen molar-refractivity contribution in [3.63, 3.8) is 0 Å². The van der Waals surface area contributed by atoms with E-state index in [1.54, 1.807) is 0 Å². The van der Waals surface area contributed by atoms with E-state index >= 15 is 0 Å². The molecule has 0 aromatic carbocycles. The normalized spacial score (nSPS) is 43.2. The summed E-state index contributed by atoms with van der Waals surface area (Å²) in [6.07, 6.45) is -26.9. The molecule has 4 saturated heterocycles. The Balaban J connectivity index is 1.62. The molecule has 334 valence electrons. The third-order valence-electron chi connectivity index (χ3n) is 10.4. The van der Waals surface area contributed by atoms with Crippen molar-refractivity contribution in [1.82, 2.24) is 20.9 Å². The van der Waals surface area contributed by atoms with Crippen LogP contribution in [0.3, 0.4) is 0 Å². The molecular weight excluding hydrogens is 788 g/mol. The highest BCUT2D eigenvalue weighted by atomic mass is 16.8. The Labute approximate surface area is 331 Å². The van der Waals surface area contributed by atoms with Crippen LogP contribution in [0.1, 0.15) is 27.7 Å². The zero-order chi connectivity index (χ0) is 43.3. The van der Waals surface area contributed by atoms with E-state index in [1.165, 1.54) is 7.05 Å². The smallest absolute Gasteiger partial charge is 0.219 e. The highest BCUT2D eigenvalue weighted by Gasteiger charge is 2.56. The third-order valence-corrected chi connectivity index (χ3v) is 10.4. The number of rotatable bonds is 14. The Bertz CT molecular complexity index is 1400. The lowest BCUT2D eigenvalue weighted by Crippen LogP contribution is -2.71. The molecule has 2 unspecified atom stereocenters. The fourth-order valence-electron chi connectivity index (χ4n) is 7.39. The molecule has 58 heavy (non-hydrogen) atoms. The lowest BCUT2D eigenvalue weighted by molar-refractivity contribution is -0.363. The Morgan fingerprint density at radius 2 is 0.845 bits per heavy atom. The molecule has 4 rings (SSSR count). The van der Waals surface area contributed by atoms with Crippen LogP contribution < -0.4 is 16.0 Å². The molecule has 4 aliphatic rings. The highest BCUT2D eigenvalue weighted by molar-refractivity contribution is 5.74. The van der Waals surface area contributed by atoms with Crippen LogP contribution in [0.4, 0.5) is 0 Å². The maximum absolute atomic E-state index is 12.4. The van der Waals surface area contributed by atoms with Gasteiger partial charge in [0.1, 0.15) is 97.4 Å². The van der Waals surface area contributed by atoms with Crippen LogP contribution in [0, 0.1) is 0 Å². The van der Waals surface area contributed by atoms with Crippen molar-refractivity contribution >= 4 is 23.6 Å². The lowest BCUT2D eigenvalue weighted by atomic mass is 9.93. The van der Waals surface area contributed by atoms with Crippen molar-refractivity contribution < 1.29 is 103 Å². The van der Waals surface area contributed by atoms with Crippen LogP contribution in [0.2, 0.25) is 0 Å². The van der Waals surface area contributed by atoms with Crippen molar-refractivity contribution in [2.75, 3.05) is 33.5 Å². The minimum Gasteiger partial charge on any atom is -0.394 e. The standard InChI is InChI=1S/C33H56N4O21/c1-10(42)34-18-23(47)27(15(7-39)52-30(18)51)56-31-19(35-11(2)43)24(48)28(16(8-40)54-31)57-32-20(36-12(3)44)25(49)29(17(9-41)55-32)58-33-21(37(5)13(4)45)26(50)22(46)14(6-38)53-33/h14-33,38-41,46-51H,6-9H2,1-5H3,(H,34,42)(H,35,43)(H,36,44)/t14-,15-,16-,17-,18-,19-,20-,21-,22-,23?,24-,25?,26-,27-,28-,29-,30-,31+,32+,33+/m1/s1. The van der Waals surface area contributed by atoms with E-state index in [0.29, 0.717) is 0 Å². The quantitative estimate of drug-likeness (QED) is 0.0772. The van der Waals surface area contributed by atoms with Gasteiger partial charge < -0.3 is 105 Å². The zero-order valence-corrected chi connectivity index (χ0v) is 32.3. The molecule has 0 bridgehead atoms. The first-order chi connectivity index (χ1) is 27.3. The average Bonchev–Trinajstić information content (AvgIpc) is 3.16. The van der Waals surface area contributed by atoms with Crippen molar-refractivity contribution in [3.05, 3.63) is 0 Å². The van der Waals surface area contributed by atoms with Crippen molar-refractivity contribution in [3.8, 4) is 0 Å². The van der Waals surface area contributed by atoms with Gasteiger partial charge >= 0.3 is 0 Å². The summed E-state index contributed by atoms with van der Waals surface area (Å²) in [5.74, 6) is -2.75. The second-order valence-corrected chi connectivity index (χ2v) is 14.5. The molecule has 4 aliphatic heterocycles. The van der Waals surface area contributed by atoms with Gasteiger partial charge in [0, 0.05) is 34.7 Å². The van der Waals surface area contributed by atoms with E-state index in [2.05, 4.69) is 16.0 Å². The van der Waals surface area contributed by atoms with Gasteiger partial charge in [0.05, 0.1) is 26.4 Å². The molecule has 0 saturated carbocycles. The second kappa shape index (κ2) is 20.6. The van der Waals surface area contributed by atoms with E-state index < -0.39 is 173 Å². The Morgan fingerprint density at radius 3 is 1.22 bits per heavy atom. The van der Waals surface area contributed by atoms with Gasteiger partial charge in [-0.3, -0.25) is 19.2 Å². The van der Waals surface area contributed by atoms with E-state index in [-0.39, 0.29) is 0 Å². The van der Waals surface area contributed by atoms with Gasteiger partial charge in [-0.2, -0.15) is 0 Å². The number of hydrogen-bond donors (Lipinski definition) is 13. The first-order valence-corrected chi connectivity index (χ1v) is 18.4. The lowest BCUT2D eigenvalue weighted by Gasteiger charge is -2.51. The molecule has 25 heteroatoms. The molecule has 0 aromatic heterocycles.